The Labute approximate surface area is 203 Å². The van der Waals surface area contributed by atoms with Gasteiger partial charge in [0.1, 0.15) is 5.75 Å². The van der Waals surface area contributed by atoms with E-state index in [1.165, 1.54) is 42.7 Å². The fraction of sp³-hybridized carbons (Fsp3) is 0.500. The van der Waals surface area contributed by atoms with Gasteiger partial charge < -0.3 is 9.64 Å². The number of amides is 2. The molecule has 0 aromatic heterocycles. The minimum atomic E-state index is -0.135. The van der Waals surface area contributed by atoms with Crippen LogP contribution >= 0.6 is 0 Å². The van der Waals surface area contributed by atoms with E-state index in [9.17, 15) is 9.59 Å². The van der Waals surface area contributed by atoms with Crippen LogP contribution in [-0.4, -0.2) is 72.9 Å². The Balaban J connectivity index is 1.02. The number of benzene rings is 2. The lowest BCUT2D eigenvalue weighted by molar-refractivity contribution is 0.0651. The maximum atomic E-state index is 12.4. The largest absolute Gasteiger partial charge is 0.497 e. The number of carbonyl (C=O) groups is 2. The Morgan fingerprint density at radius 3 is 1.79 bits per heavy atom. The molecule has 6 heteroatoms. The zero-order valence-electron chi connectivity index (χ0n) is 20.4. The number of carbonyl (C=O) groups excluding carboxylic acids is 2. The molecule has 0 atom stereocenters. The number of ether oxygens (including phenoxy) is 1. The van der Waals surface area contributed by atoms with Crippen LogP contribution in [0.4, 0.5) is 0 Å². The Kier molecular flexibility index (Phi) is 8.72. The molecule has 0 radical (unpaired) electrons. The lowest BCUT2D eigenvalue weighted by Crippen LogP contribution is -2.46. The van der Waals surface area contributed by atoms with Gasteiger partial charge in [0.15, 0.2) is 0 Å². The van der Waals surface area contributed by atoms with Gasteiger partial charge in [-0.1, -0.05) is 49.9 Å². The number of rotatable bonds is 12. The molecule has 2 aliphatic rings. The smallest absolute Gasteiger partial charge is 0.261 e. The Bertz CT molecular complexity index is 917. The van der Waals surface area contributed by atoms with Gasteiger partial charge in [-0.05, 0) is 49.2 Å². The number of hydrogen-bond donors (Lipinski definition) is 0. The molecule has 1 fully saturated rings. The van der Waals surface area contributed by atoms with Crippen LogP contribution in [0.25, 0.3) is 0 Å². The van der Waals surface area contributed by atoms with Crippen molar-refractivity contribution in [3.63, 3.8) is 0 Å². The van der Waals surface area contributed by atoms with Gasteiger partial charge in [-0.25, -0.2) is 0 Å². The molecule has 2 amide bonds. The van der Waals surface area contributed by atoms with Crippen LogP contribution in [-0.2, 0) is 6.54 Å². The molecule has 0 unspecified atom stereocenters. The molecule has 182 valence electrons. The molecule has 34 heavy (non-hydrogen) atoms. The summed E-state index contributed by atoms with van der Waals surface area (Å²) in [5.74, 6) is 0.644. The number of hydrogen-bond acceptors (Lipinski definition) is 5. The third-order valence-corrected chi connectivity index (χ3v) is 7.01. The van der Waals surface area contributed by atoms with E-state index < -0.39 is 0 Å². The number of nitrogens with zero attached hydrogens (tertiary/aromatic N) is 3. The van der Waals surface area contributed by atoms with Gasteiger partial charge in [-0.15, -0.1) is 0 Å². The van der Waals surface area contributed by atoms with Gasteiger partial charge in [0.05, 0.1) is 18.2 Å². The maximum absolute atomic E-state index is 12.4. The molecule has 0 saturated carbocycles. The fourth-order valence-electron chi connectivity index (χ4n) is 4.91. The van der Waals surface area contributed by atoms with Crippen molar-refractivity contribution in [3.05, 3.63) is 65.2 Å². The quantitative estimate of drug-likeness (QED) is 0.344. The van der Waals surface area contributed by atoms with Crippen LogP contribution in [0.2, 0.25) is 0 Å². The van der Waals surface area contributed by atoms with Crippen LogP contribution in [0.1, 0.15) is 64.8 Å². The van der Waals surface area contributed by atoms with Gasteiger partial charge >= 0.3 is 0 Å². The number of unbranched alkanes of at least 4 members (excludes halogenated alkanes) is 5. The topological polar surface area (TPSA) is 53.1 Å². The van der Waals surface area contributed by atoms with E-state index in [0.717, 1.165) is 51.3 Å². The van der Waals surface area contributed by atoms with Crippen molar-refractivity contribution in [2.75, 3.05) is 46.4 Å². The molecule has 2 aromatic rings. The van der Waals surface area contributed by atoms with E-state index in [1.807, 2.05) is 24.3 Å². The summed E-state index contributed by atoms with van der Waals surface area (Å²) in [5, 5.41) is 0. The van der Waals surface area contributed by atoms with Crippen LogP contribution in [0.15, 0.2) is 48.5 Å². The van der Waals surface area contributed by atoms with E-state index in [0.29, 0.717) is 17.7 Å². The fourth-order valence-corrected chi connectivity index (χ4v) is 4.91. The highest BCUT2D eigenvalue weighted by molar-refractivity contribution is 6.21. The van der Waals surface area contributed by atoms with Crippen molar-refractivity contribution in [1.29, 1.82) is 0 Å². The molecule has 2 aromatic carbocycles. The molecule has 4 rings (SSSR count). The third-order valence-electron chi connectivity index (χ3n) is 7.01. The highest BCUT2D eigenvalue weighted by Gasteiger charge is 2.34. The first-order chi connectivity index (χ1) is 16.7. The van der Waals surface area contributed by atoms with E-state index in [4.69, 9.17) is 4.74 Å². The minimum absolute atomic E-state index is 0.135. The molecule has 1 saturated heterocycles. The van der Waals surface area contributed by atoms with E-state index in [2.05, 4.69) is 21.9 Å². The summed E-state index contributed by atoms with van der Waals surface area (Å²) >= 11 is 0. The van der Waals surface area contributed by atoms with Gasteiger partial charge in [-0.3, -0.25) is 19.4 Å². The molecule has 2 heterocycles. The monoisotopic (exact) mass is 463 g/mol. The van der Waals surface area contributed by atoms with Crippen LogP contribution in [0.3, 0.4) is 0 Å². The van der Waals surface area contributed by atoms with E-state index >= 15 is 0 Å². The van der Waals surface area contributed by atoms with Crippen molar-refractivity contribution in [3.8, 4) is 5.75 Å². The number of piperazine rings is 1. The highest BCUT2D eigenvalue weighted by Crippen LogP contribution is 2.23. The number of imide groups is 1. The van der Waals surface area contributed by atoms with Gasteiger partial charge in [0.25, 0.3) is 11.8 Å². The summed E-state index contributed by atoms with van der Waals surface area (Å²) in [5.41, 5.74) is 2.44. The molecule has 0 spiro atoms. The molecule has 0 aliphatic carbocycles. The summed E-state index contributed by atoms with van der Waals surface area (Å²) in [7, 11) is 1.70. The average molecular weight is 464 g/mol. The van der Waals surface area contributed by atoms with Gasteiger partial charge in [0, 0.05) is 39.3 Å². The summed E-state index contributed by atoms with van der Waals surface area (Å²) in [6, 6.07) is 15.5. The normalized spacial score (nSPS) is 16.8. The van der Waals surface area contributed by atoms with Crippen molar-refractivity contribution in [2.45, 2.75) is 45.1 Å². The highest BCUT2D eigenvalue weighted by atomic mass is 16.5. The van der Waals surface area contributed by atoms with Gasteiger partial charge in [-0.2, -0.15) is 0 Å². The third kappa shape index (κ3) is 6.24. The number of fused-ring (bicyclic) bond motifs is 1. The zero-order valence-corrected chi connectivity index (χ0v) is 20.4. The molecular formula is C28H37N3O3. The maximum Gasteiger partial charge on any atom is 0.261 e. The second-order valence-electron chi connectivity index (χ2n) is 9.39. The predicted molar refractivity (Wildman–Crippen MR) is 134 cm³/mol. The molecule has 0 bridgehead atoms. The summed E-state index contributed by atoms with van der Waals surface area (Å²) < 4.78 is 5.24. The lowest BCUT2D eigenvalue weighted by atomic mass is 10.1. The SMILES string of the molecule is COc1ccc(CN2CCN(CCCCCCCCN3C(=O)c4ccccc4C3=O)CC2)cc1. The Hall–Kier alpha value is -2.70. The summed E-state index contributed by atoms with van der Waals surface area (Å²) in [6.07, 6.45) is 6.84. The summed E-state index contributed by atoms with van der Waals surface area (Å²) in [4.78, 5) is 31.3. The second-order valence-corrected chi connectivity index (χ2v) is 9.39. The van der Waals surface area contributed by atoms with Crippen LogP contribution < -0.4 is 4.74 Å². The Morgan fingerprint density at radius 1 is 0.676 bits per heavy atom. The van der Waals surface area contributed by atoms with Crippen molar-refractivity contribution in [2.24, 2.45) is 0 Å². The molecular weight excluding hydrogens is 426 g/mol. The average Bonchev–Trinajstić information content (AvgIpc) is 3.12. The lowest BCUT2D eigenvalue weighted by Gasteiger charge is -2.34. The minimum Gasteiger partial charge on any atom is -0.497 e. The van der Waals surface area contributed by atoms with Crippen LogP contribution in [0.5, 0.6) is 5.75 Å². The van der Waals surface area contributed by atoms with E-state index in [1.54, 1.807) is 19.2 Å². The Morgan fingerprint density at radius 2 is 1.21 bits per heavy atom. The zero-order chi connectivity index (χ0) is 23.8. The standard InChI is InChI=1S/C28H37N3O3/c1-34-24-14-12-23(13-15-24)22-30-20-18-29(19-21-30)16-8-4-2-3-5-9-17-31-27(32)25-10-6-7-11-26(25)28(31)33/h6-7,10-15H,2-5,8-9,16-22H2,1H3. The molecule has 6 nitrogen and oxygen atoms in total. The summed E-state index contributed by atoms with van der Waals surface area (Å²) in [6.45, 7) is 7.29. The molecule has 0 N–H and O–H groups in total. The van der Waals surface area contributed by atoms with Crippen LogP contribution in [0, 0.1) is 0 Å². The van der Waals surface area contributed by atoms with Crippen molar-refractivity contribution < 1.29 is 14.3 Å². The number of methoxy groups -OCH3 is 1. The first kappa shape index (κ1) is 24.4. The second kappa shape index (κ2) is 12.1. The van der Waals surface area contributed by atoms with Crippen molar-refractivity contribution >= 4 is 11.8 Å². The predicted octanol–water partition coefficient (Wildman–Crippen LogP) is 4.45. The van der Waals surface area contributed by atoms with E-state index in [-0.39, 0.29) is 11.8 Å². The molecule has 2 aliphatic heterocycles. The van der Waals surface area contributed by atoms with Crippen molar-refractivity contribution in [1.82, 2.24) is 14.7 Å². The van der Waals surface area contributed by atoms with Gasteiger partial charge in [0.2, 0.25) is 0 Å². The first-order valence-corrected chi connectivity index (χ1v) is 12.7. The first-order valence-electron chi connectivity index (χ1n) is 12.7.